The lowest BCUT2D eigenvalue weighted by Crippen LogP contribution is -2.48. The first-order valence-electron chi connectivity index (χ1n) is 10.5. The molecule has 2 aromatic carbocycles. The molecule has 1 amide bonds. The standard InChI is InChI=1S/C25H27ClN2O2S/c1-18-3-5-20(6-4-18)15-27-9-11-28(12-10-27)25(29)24-14-21(17-31-24)16-30-22-7-8-23(26)19(2)13-22/h3-8,13-14,17H,9-12,15-16H2,1-2H3. The number of hydrogen-bond donors (Lipinski definition) is 0. The van der Waals surface area contributed by atoms with Gasteiger partial charge in [-0.1, -0.05) is 41.4 Å². The van der Waals surface area contributed by atoms with Crippen LogP contribution in [0.4, 0.5) is 0 Å². The first-order valence-corrected chi connectivity index (χ1v) is 11.8. The summed E-state index contributed by atoms with van der Waals surface area (Å²) in [6, 6.07) is 16.3. The van der Waals surface area contributed by atoms with Crippen LogP contribution in [-0.2, 0) is 13.2 Å². The number of benzene rings is 2. The Kier molecular flexibility index (Phi) is 6.96. The second kappa shape index (κ2) is 9.86. The molecule has 1 fully saturated rings. The van der Waals surface area contributed by atoms with E-state index in [2.05, 4.69) is 36.1 Å². The van der Waals surface area contributed by atoms with Gasteiger partial charge in [0.05, 0.1) is 4.88 Å². The maximum Gasteiger partial charge on any atom is 0.264 e. The maximum atomic E-state index is 12.9. The van der Waals surface area contributed by atoms with Gasteiger partial charge < -0.3 is 9.64 Å². The third kappa shape index (κ3) is 5.67. The predicted octanol–water partition coefficient (Wildman–Crippen LogP) is 5.56. The molecule has 0 N–H and O–H groups in total. The van der Waals surface area contributed by atoms with Crippen molar-refractivity contribution >= 4 is 28.8 Å². The normalized spacial score (nSPS) is 14.6. The van der Waals surface area contributed by atoms with Crippen molar-refractivity contribution < 1.29 is 9.53 Å². The van der Waals surface area contributed by atoms with Gasteiger partial charge in [0, 0.05) is 43.3 Å². The largest absolute Gasteiger partial charge is 0.489 e. The number of carbonyl (C=O) groups is 1. The lowest BCUT2D eigenvalue weighted by atomic mass is 10.1. The van der Waals surface area contributed by atoms with E-state index in [9.17, 15) is 4.79 Å². The highest BCUT2D eigenvalue weighted by Gasteiger charge is 2.23. The Bertz CT molecular complexity index is 1040. The molecule has 4 rings (SSSR count). The summed E-state index contributed by atoms with van der Waals surface area (Å²) in [4.78, 5) is 18.1. The molecule has 1 aliphatic rings. The van der Waals surface area contributed by atoms with Crippen LogP contribution in [0.5, 0.6) is 5.75 Å². The number of carbonyl (C=O) groups excluding carboxylic acids is 1. The number of amides is 1. The van der Waals surface area contributed by atoms with Crippen molar-refractivity contribution in [3.05, 3.63) is 86.1 Å². The van der Waals surface area contributed by atoms with Crippen LogP contribution in [0.1, 0.15) is 31.9 Å². The summed E-state index contributed by atoms with van der Waals surface area (Å²) in [6.07, 6.45) is 0. The summed E-state index contributed by atoms with van der Waals surface area (Å²) in [5, 5.41) is 2.73. The van der Waals surface area contributed by atoms with E-state index in [4.69, 9.17) is 16.3 Å². The number of piperazine rings is 1. The molecule has 0 spiro atoms. The minimum Gasteiger partial charge on any atom is -0.489 e. The number of thiophene rings is 1. The molecule has 0 unspecified atom stereocenters. The van der Waals surface area contributed by atoms with E-state index in [-0.39, 0.29) is 5.91 Å². The number of rotatable bonds is 6. The van der Waals surface area contributed by atoms with Gasteiger partial charge in [0.25, 0.3) is 5.91 Å². The van der Waals surface area contributed by atoms with Crippen LogP contribution in [0.15, 0.2) is 53.9 Å². The number of aryl methyl sites for hydroxylation is 2. The molecule has 0 aliphatic carbocycles. The van der Waals surface area contributed by atoms with Gasteiger partial charge in [0.1, 0.15) is 12.4 Å². The van der Waals surface area contributed by atoms with Crippen molar-refractivity contribution in [3.8, 4) is 5.75 Å². The lowest BCUT2D eigenvalue weighted by molar-refractivity contribution is 0.0633. The monoisotopic (exact) mass is 454 g/mol. The van der Waals surface area contributed by atoms with E-state index in [0.717, 1.165) is 59.5 Å². The summed E-state index contributed by atoms with van der Waals surface area (Å²) in [6.45, 7) is 8.76. The SMILES string of the molecule is Cc1ccc(CN2CCN(C(=O)c3cc(COc4ccc(Cl)c(C)c4)cs3)CC2)cc1. The molecular weight excluding hydrogens is 428 g/mol. The van der Waals surface area contributed by atoms with Gasteiger partial charge in [0.2, 0.25) is 0 Å². The van der Waals surface area contributed by atoms with Crippen molar-refractivity contribution in [1.82, 2.24) is 9.80 Å². The third-order valence-corrected chi connectivity index (χ3v) is 6.98. The molecule has 3 aromatic rings. The average Bonchev–Trinajstić information content (AvgIpc) is 3.25. The van der Waals surface area contributed by atoms with E-state index in [1.54, 1.807) is 0 Å². The molecule has 2 heterocycles. The average molecular weight is 455 g/mol. The fourth-order valence-electron chi connectivity index (χ4n) is 3.65. The zero-order valence-corrected chi connectivity index (χ0v) is 19.5. The smallest absolute Gasteiger partial charge is 0.264 e. The topological polar surface area (TPSA) is 32.8 Å². The molecule has 0 saturated carbocycles. The molecule has 1 aliphatic heterocycles. The van der Waals surface area contributed by atoms with E-state index in [0.29, 0.717) is 6.61 Å². The summed E-state index contributed by atoms with van der Waals surface area (Å²) < 4.78 is 5.86. The molecule has 0 bridgehead atoms. The second-order valence-electron chi connectivity index (χ2n) is 8.07. The molecule has 6 heteroatoms. The summed E-state index contributed by atoms with van der Waals surface area (Å²) in [7, 11) is 0. The Hall–Kier alpha value is -2.34. The Labute approximate surface area is 193 Å². The van der Waals surface area contributed by atoms with Gasteiger partial charge in [-0.25, -0.2) is 0 Å². The van der Waals surface area contributed by atoms with Gasteiger partial charge >= 0.3 is 0 Å². The van der Waals surface area contributed by atoms with Gasteiger partial charge in [-0.15, -0.1) is 11.3 Å². The number of halogens is 1. The van der Waals surface area contributed by atoms with Crippen LogP contribution in [0.25, 0.3) is 0 Å². The van der Waals surface area contributed by atoms with E-state index >= 15 is 0 Å². The van der Waals surface area contributed by atoms with Crippen LogP contribution >= 0.6 is 22.9 Å². The minimum atomic E-state index is 0.119. The molecule has 0 atom stereocenters. The zero-order chi connectivity index (χ0) is 21.8. The van der Waals surface area contributed by atoms with Crippen LogP contribution in [0.3, 0.4) is 0 Å². The fraction of sp³-hybridized carbons (Fsp3) is 0.320. The quantitative estimate of drug-likeness (QED) is 0.489. The summed E-state index contributed by atoms with van der Waals surface area (Å²) in [5.74, 6) is 0.902. The van der Waals surface area contributed by atoms with Gasteiger partial charge in [0.15, 0.2) is 0 Å². The van der Waals surface area contributed by atoms with Crippen molar-refractivity contribution in [3.63, 3.8) is 0 Å². The van der Waals surface area contributed by atoms with Crippen LogP contribution in [-0.4, -0.2) is 41.9 Å². The van der Waals surface area contributed by atoms with Gasteiger partial charge in [-0.05, 0) is 54.6 Å². The lowest BCUT2D eigenvalue weighted by Gasteiger charge is -2.34. The highest BCUT2D eigenvalue weighted by molar-refractivity contribution is 7.12. The summed E-state index contributed by atoms with van der Waals surface area (Å²) >= 11 is 7.56. The van der Waals surface area contributed by atoms with Crippen molar-refractivity contribution in [2.75, 3.05) is 26.2 Å². The van der Waals surface area contributed by atoms with E-state index < -0.39 is 0 Å². The highest BCUT2D eigenvalue weighted by Crippen LogP contribution is 2.23. The fourth-order valence-corrected chi connectivity index (χ4v) is 4.63. The molecule has 0 radical (unpaired) electrons. The van der Waals surface area contributed by atoms with Crippen molar-refractivity contribution in [2.45, 2.75) is 27.0 Å². The van der Waals surface area contributed by atoms with E-state index in [1.165, 1.54) is 22.5 Å². The van der Waals surface area contributed by atoms with Gasteiger partial charge in [-0.2, -0.15) is 0 Å². The van der Waals surface area contributed by atoms with Crippen molar-refractivity contribution in [1.29, 1.82) is 0 Å². The molecule has 1 saturated heterocycles. The Morgan fingerprint density at radius 3 is 2.45 bits per heavy atom. The Balaban J connectivity index is 1.27. The molecule has 1 aromatic heterocycles. The third-order valence-electron chi connectivity index (χ3n) is 5.59. The van der Waals surface area contributed by atoms with Gasteiger partial charge in [-0.3, -0.25) is 9.69 Å². The molecule has 4 nitrogen and oxygen atoms in total. The summed E-state index contributed by atoms with van der Waals surface area (Å²) in [5.41, 5.74) is 4.60. The minimum absolute atomic E-state index is 0.119. The van der Waals surface area contributed by atoms with Crippen LogP contribution < -0.4 is 4.74 Å². The first kappa shape index (κ1) is 21.9. The molecule has 31 heavy (non-hydrogen) atoms. The second-order valence-corrected chi connectivity index (χ2v) is 9.39. The number of hydrogen-bond acceptors (Lipinski definition) is 4. The van der Waals surface area contributed by atoms with E-state index in [1.807, 2.05) is 41.5 Å². The van der Waals surface area contributed by atoms with Crippen LogP contribution in [0.2, 0.25) is 5.02 Å². The van der Waals surface area contributed by atoms with Crippen molar-refractivity contribution in [2.24, 2.45) is 0 Å². The first-order chi connectivity index (χ1) is 15.0. The molecular formula is C25H27ClN2O2S. The molecule has 162 valence electrons. The maximum absolute atomic E-state index is 12.9. The number of ether oxygens (including phenoxy) is 1. The highest BCUT2D eigenvalue weighted by atomic mass is 35.5. The van der Waals surface area contributed by atoms with Crippen LogP contribution in [0, 0.1) is 13.8 Å². The zero-order valence-electron chi connectivity index (χ0n) is 17.9. The Morgan fingerprint density at radius 2 is 1.74 bits per heavy atom. The number of nitrogens with zero attached hydrogens (tertiary/aromatic N) is 2. The Morgan fingerprint density at radius 1 is 1.00 bits per heavy atom. The predicted molar refractivity (Wildman–Crippen MR) is 127 cm³/mol.